The zero-order valence-electron chi connectivity index (χ0n) is 11.4. The van der Waals surface area contributed by atoms with Gasteiger partial charge in [0.15, 0.2) is 5.75 Å². The first-order chi connectivity index (χ1) is 8.90. The van der Waals surface area contributed by atoms with Crippen molar-refractivity contribution in [2.75, 3.05) is 0 Å². The third-order valence-electron chi connectivity index (χ3n) is 3.09. The molecule has 0 unspecified atom stereocenters. The molecule has 0 bridgehead atoms. The lowest BCUT2D eigenvalue weighted by Crippen LogP contribution is -1.99. The number of hydrogen-bond acceptors (Lipinski definition) is 3. The van der Waals surface area contributed by atoms with E-state index in [4.69, 9.17) is 9.84 Å². The fraction of sp³-hybridized carbons (Fsp3) is 0.286. The number of aryl methyl sites for hydroxylation is 3. The summed E-state index contributed by atoms with van der Waals surface area (Å²) in [7, 11) is 1.86. The summed E-state index contributed by atoms with van der Waals surface area (Å²) in [5, 5.41) is 13.3. The van der Waals surface area contributed by atoms with Crippen molar-refractivity contribution in [1.29, 1.82) is 0 Å². The Kier molecular flexibility index (Phi) is 3.29. The Morgan fingerprint density at radius 2 is 2.00 bits per heavy atom. The summed E-state index contributed by atoms with van der Waals surface area (Å²) in [5.41, 5.74) is 2.69. The van der Waals surface area contributed by atoms with Crippen molar-refractivity contribution < 1.29 is 14.6 Å². The number of carboxylic acids is 1. The van der Waals surface area contributed by atoms with Gasteiger partial charge in [-0.1, -0.05) is 0 Å². The molecule has 0 saturated heterocycles. The minimum atomic E-state index is -0.933. The van der Waals surface area contributed by atoms with Crippen molar-refractivity contribution in [2.45, 2.75) is 20.8 Å². The summed E-state index contributed by atoms with van der Waals surface area (Å²) < 4.78 is 7.55. The molecule has 0 atom stereocenters. The van der Waals surface area contributed by atoms with E-state index in [9.17, 15) is 4.79 Å². The highest BCUT2D eigenvalue weighted by Gasteiger charge is 2.13. The monoisotopic (exact) mass is 260 g/mol. The third kappa shape index (κ3) is 2.45. The van der Waals surface area contributed by atoms with E-state index in [1.807, 2.05) is 20.9 Å². The van der Waals surface area contributed by atoms with Crippen LogP contribution in [0.15, 0.2) is 18.2 Å². The van der Waals surface area contributed by atoms with E-state index >= 15 is 0 Å². The number of carbonyl (C=O) groups is 1. The molecule has 19 heavy (non-hydrogen) atoms. The van der Waals surface area contributed by atoms with Gasteiger partial charge in [0.2, 0.25) is 0 Å². The molecule has 0 fully saturated rings. The lowest BCUT2D eigenvalue weighted by atomic mass is 10.1. The van der Waals surface area contributed by atoms with Gasteiger partial charge < -0.3 is 9.84 Å². The molecule has 1 heterocycles. The molecule has 0 saturated carbocycles. The van der Waals surface area contributed by atoms with Crippen molar-refractivity contribution in [3.63, 3.8) is 0 Å². The topological polar surface area (TPSA) is 64.4 Å². The van der Waals surface area contributed by atoms with Crippen LogP contribution in [0.4, 0.5) is 0 Å². The maximum atomic E-state index is 10.9. The van der Waals surface area contributed by atoms with Crippen LogP contribution in [0.3, 0.4) is 0 Å². The molecule has 0 radical (unpaired) electrons. The molecule has 0 aliphatic rings. The lowest BCUT2D eigenvalue weighted by molar-refractivity contribution is 0.0696. The fourth-order valence-electron chi connectivity index (χ4n) is 1.96. The summed E-state index contributed by atoms with van der Waals surface area (Å²) in [5.74, 6) is 0.393. The Bertz CT molecular complexity index is 644. The smallest absolute Gasteiger partial charge is 0.335 e. The van der Waals surface area contributed by atoms with Gasteiger partial charge in [-0.15, -0.1) is 0 Å². The highest BCUT2D eigenvalue weighted by atomic mass is 16.5. The first-order valence-corrected chi connectivity index (χ1v) is 5.92. The SMILES string of the molecule is Cc1cc(Oc2c(C)nn(C)c2C)ccc1C(=O)O. The largest absolute Gasteiger partial charge is 0.478 e. The van der Waals surface area contributed by atoms with Crippen LogP contribution in [0, 0.1) is 20.8 Å². The molecular weight excluding hydrogens is 244 g/mol. The Balaban J connectivity index is 2.34. The number of hydrogen-bond donors (Lipinski definition) is 1. The molecule has 5 heteroatoms. The van der Waals surface area contributed by atoms with Gasteiger partial charge in [0.05, 0.1) is 11.3 Å². The number of benzene rings is 1. The number of aromatic nitrogens is 2. The number of ether oxygens (including phenoxy) is 1. The second-order valence-electron chi connectivity index (χ2n) is 4.51. The summed E-state index contributed by atoms with van der Waals surface area (Å²) >= 11 is 0. The predicted molar refractivity (Wildman–Crippen MR) is 70.9 cm³/mol. The summed E-state index contributed by atoms with van der Waals surface area (Å²) in [4.78, 5) is 10.9. The molecular formula is C14H16N2O3. The summed E-state index contributed by atoms with van der Waals surface area (Å²) in [6, 6.07) is 4.92. The average molecular weight is 260 g/mol. The van der Waals surface area contributed by atoms with E-state index < -0.39 is 5.97 Å². The number of aromatic carboxylic acids is 1. The number of nitrogens with zero attached hydrogens (tertiary/aromatic N) is 2. The second-order valence-corrected chi connectivity index (χ2v) is 4.51. The van der Waals surface area contributed by atoms with Crippen LogP contribution in [0.5, 0.6) is 11.5 Å². The molecule has 2 rings (SSSR count). The quantitative estimate of drug-likeness (QED) is 0.921. The summed E-state index contributed by atoms with van der Waals surface area (Å²) in [6.45, 7) is 5.55. The minimum absolute atomic E-state index is 0.284. The van der Waals surface area contributed by atoms with Gasteiger partial charge >= 0.3 is 5.97 Å². The number of rotatable bonds is 3. The molecule has 0 aliphatic heterocycles. The highest BCUT2D eigenvalue weighted by Crippen LogP contribution is 2.29. The van der Waals surface area contributed by atoms with Crippen molar-refractivity contribution in [2.24, 2.45) is 7.05 Å². The van der Waals surface area contributed by atoms with Crippen LogP contribution in [0.1, 0.15) is 27.3 Å². The van der Waals surface area contributed by atoms with Crippen LogP contribution in [0.25, 0.3) is 0 Å². The van der Waals surface area contributed by atoms with Crippen molar-refractivity contribution >= 4 is 5.97 Å². The molecule has 1 aromatic carbocycles. The van der Waals surface area contributed by atoms with Gasteiger partial charge in [0, 0.05) is 7.05 Å². The van der Waals surface area contributed by atoms with Crippen LogP contribution in [0.2, 0.25) is 0 Å². The Labute approximate surface area is 111 Å². The first-order valence-electron chi connectivity index (χ1n) is 5.92. The van der Waals surface area contributed by atoms with Gasteiger partial charge in [-0.3, -0.25) is 4.68 Å². The number of carboxylic acid groups (broad SMARTS) is 1. The maximum absolute atomic E-state index is 10.9. The van der Waals surface area contributed by atoms with Gasteiger partial charge in [-0.05, 0) is 44.5 Å². The minimum Gasteiger partial charge on any atom is -0.478 e. The van der Waals surface area contributed by atoms with Crippen LogP contribution < -0.4 is 4.74 Å². The Morgan fingerprint density at radius 3 is 2.47 bits per heavy atom. The molecule has 1 aromatic heterocycles. The highest BCUT2D eigenvalue weighted by molar-refractivity contribution is 5.89. The maximum Gasteiger partial charge on any atom is 0.335 e. The van der Waals surface area contributed by atoms with E-state index in [-0.39, 0.29) is 5.56 Å². The van der Waals surface area contributed by atoms with Crippen LogP contribution >= 0.6 is 0 Å². The molecule has 5 nitrogen and oxygen atoms in total. The molecule has 100 valence electrons. The van der Waals surface area contributed by atoms with E-state index in [0.29, 0.717) is 17.1 Å². The van der Waals surface area contributed by atoms with Crippen LogP contribution in [-0.2, 0) is 7.05 Å². The second kappa shape index (κ2) is 4.76. The van der Waals surface area contributed by atoms with E-state index in [1.54, 1.807) is 29.8 Å². The van der Waals surface area contributed by atoms with Gasteiger partial charge in [-0.25, -0.2) is 4.79 Å². The predicted octanol–water partition coefficient (Wildman–Crippen LogP) is 2.84. The van der Waals surface area contributed by atoms with Crippen LogP contribution in [-0.4, -0.2) is 20.9 Å². The summed E-state index contributed by atoms with van der Waals surface area (Å²) in [6.07, 6.45) is 0. The first kappa shape index (κ1) is 13.1. The zero-order chi connectivity index (χ0) is 14.2. The molecule has 2 aromatic rings. The van der Waals surface area contributed by atoms with E-state index in [2.05, 4.69) is 5.10 Å². The van der Waals surface area contributed by atoms with Gasteiger partial charge in [0.1, 0.15) is 11.4 Å². The Morgan fingerprint density at radius 1 is 1.32 bits per heavy atom. The third-order valence-corrected chi connectivity index (χ3v) is 3.09. The molecule has 1 N–H and O–H groups in total. The normalized spacial score (nSPS) is 10.5. The Hall–Kier alpha value is -2.30. The molecule has 0 spiro atoms. The van der Waals surface area contributed by atoms with Gasteiger partial charge in [0.25, 0.3) is 0 Å². The van der Waals surface area contributed by atoms with Crippen molar-refractivity contribution in [3.05, 3.63) is 40.7 Å². The van der Waals surface area contributed by atoms with E-state index in [0.717, 1.165) is 11.4 Å². The standard InChI is InChI=1S/C14H16N2O3/c1-8-7-11(5-6-12(8)14(17)18)19-13-9(2)15-16(4)10(13)3/h5-7H,1-4H3,(H,17,18). The molecule has 0 aliphatic carbocycles. The lowest BCUT2D eigenvalue weighted by Gasteiger charge is -2.08. The zero-order valence-corrected chi connectivity index (χ0v) is 11.4. The van der Waals surface area contributed by atoms with Crippen molar-refractivity contribution in [3.8, 4) is 11.5 Å². The van der Waals surface area contributed by atoms with Gasteiger partial charge in [-0.2, -0.15) is 5.10 Å². The average Bonchev–Trinajstić information content (AvgIpc) is 2.56. The van der Waals surface area contributed by atoms with Crippen molar-refractivity contribution in [1.82, 2.24) is 9.78 Å². The van der Waals surface area contributed by atoms with E-state index in [1.165, 1.54) is 0 Å². The fourth-order valence-corrected chi connectivity index (χ4v) is 1.96. The molecule has 0 amide bonds.